The van der Waals surface area contributed by atoms with Gasteiger partial charge >= 0.3 is 35.0 Å². The van der Waals surface area contributed by atoms with Gasteiger partial charge in [0, 0.05) is 18.6 Å². The standard InChI is InChI=1S/C45H52N4O5.Mg/c1-11-29-25(6)32-20-34-27(8)31(16-17-38(50)54-19-18-24(5)15-13-14-23(3)4)42(48-34)40-41(45(52)53-10)44(51)39-28(9)35(49-43(39)40)22-37-30(12-2)26(7)33(47-37)21-36(29)46-32;/h11,18,20-23,27,31,41H,1,5,12-17,19H2,2-4,6-10H3,(H-,48,49,51);/q-4;+2/p-1/b33-21-,34-20-,37-22-;/t27-,31-,41+;/m0./s1. The van der Waals surface area contributed by atoms with Gasteiger partial charge in [-0.3, -0.25) is 14.4 Å². The number of rotatable bonds is 13. The summed E-state index contributed by atoms with van der Waals surface area (Å²) >= 11 is 0. The minimum absolute atomic E-state index is 0. The Morgan fingerprint density at radius 2 is 1.69 bits per heavy atom. The maximum Gasteiger partial charge on any atom is 2.00 e. The summed E-state index contributed by atoms with van der Waals surface area (Å²) in [6.45, 7) is 22.9. The second-order valence-corrected chi connectivity index (χ2v) is 15.2. The first-order valence-electron chi connectivity index (χ1n) is 19.1. The van der Waals surface area contributed by atoms with Crippen molar-refractivity contribution in [2.45, 2.75) is 87.0 Å². The fourth-order valence-electron chi connectivity index (χ4n) is 8.09. The average molecular weight is 752 g/mol. The Kier molecular flexibility index (Phi) is 13.0. The molecule has 55 heavy (non-hydrogen) atoms. The molecule has 8 bridgehead atoms. The van der Waals surface area contributed by atoms with Crippen molar-refractivity contribution in [2.24, 2.45) is 23.7 Å². The predicted octanol–water partition coefficient (Wildman–Crippen LogP) is 6.57. The Balaban J connectivity index is 0.00000580. The summed E-state index contributed by atoms with van der Waals surface area (Å²) in [7, 11) is 1.28. The molecule has 2 aliphatic heterocycles. The van der Waals surface area contributed by atoms with Crippen LogP contribution in [-0.4, -0.2) is 54.5 Å². The molecule has 3 atom stereocenters. The Morgan fingerprint density at radius 1 is 0.982 bits per heavy atom. The van der Waals surface area contributed by atoms with E-state index < -0.39 is 11.9 Å². The van der Waals surface area contributed by atoms with Crippen LogP contribution in [0.3, 0.4) is 0 Å². The van der Waals surface area contributed by atoms with Gasteiger partial charge in [0.25, 0.3) is 0 Å². The number of nitrogens with zero attached hydrogens (tertiary/aromatic N) is 4. The SMILES string of the molecule is C=Cc1c2[n-]c(c1C)/C=C1\[N-]/C(=C3\c4[n-]c(c(C)c4C(=O)[C@@H]3C(=O)OC)/C=c3\[n-]/c(c(C)c3CC)=C\2)[C@@H](CCC(=O)OC[CH-]C(=C)CCCC(C)C)[C@@H]1C.[Mg+2]. The van der Waals surface area contributed by atoms with E-state index in [1.165, 1.54) is 7.11 Å². The molecule has 6 rings (SSSR count). The molecule has 0 spiro atoms. The molecule has 1 aliphatic carbocycles. The van der Waals surface area contributed by atoms with Crippen molar-refractivity contribution >= 4 is 70.7 Å². The first-order chi connectivity index (χ1) is 25.8. The Hall–Kier alpha value is -4.41. The van der Waals surface area contributed by atoms with E-state index in [0.717, 1.165) is 81.3 Å². The normalized spacial score (nSPS) is 21.7. The maximum absolute atomic E-state index is 14.2. The van der Waals surface area contributed by atoms with Crippen molar-refractivity contribution < 1.29 is 23.9 Å². The number of methoxy groups -OCH3 is 1. The van der Waals surface area contributed by atoms with Crippen LogP contribution in [-0.2, 0) is 25.5 Å². The minimum atomic E-state index is -1.22. The number of carbonyl (C=O) groups excluding carboxylic acids is 3. The zero-order valence-corrected chi connectivity index (χ0v) is 35.0. The summed E-state index contributed by atoms with van der Waals surface area (Å²) in [5.74, 6) is -2.48. The summed E-state index contributed by atoms with van der Waals surface area (Å²) < 4.78 is 10.8. The molecule has 286 valence electrons. The summed E-state index contributed by atoms with van der Waals surface area (Å²) in [6, 6.07) is 0. The van der Waals surface area contributed by atoms with Crippen LogP contribution < -0.4 is 25.7 Å². The van der Waals surface area contributed by atoms with E-state index in [1.807, 2.05) is 44.6 Å². The van der Waals surface area contributed by atoms with Crippen LogP contribution in [0.2, 0.25) is 0 Å². The van der Waals surface area contributed by atoms with Gasteiger partial charge in [-0.2, -0.15) is 17.8 Å². The van der Waals surface area contributed by atoms with E-state index in [-0.39, 0.29) is 59.7 Å². The number of aromatic nitrogens is 3. The summed E-state index contributed by atoms with van der Waals surface area (Å²) in [6.07, 6.45) is 13.9. The fraction of sp³-hybridized carbons (Fsp3) is 0.422. The molecular formula is C45H51MgN4O5-3. The summed E-state index contributed by atoms with van der Waals surface area (Å²) in [5.41, 5.74) is 10.3. The third-order valence-corrected chi connectivity index (χ3v) is 11.3. The molecule has 9 nitrogen and oxygen atoms in total. The van der Waals surface area contributed by atoms with Crippen molar-refractivity contribution in [1.82, 2.24) is 15.0 Å². The van der Waals surface area contributed by atoms with Crippen molar-refractivity contribution in [3.05, 3.63) is 109 Å². The molecular weight excluding hydrogens is 701 g/mol. The smallest absolute Gasteiger partial charge is 0.664 e. The summed E-state index contributed by atoms with van der Waals surface area (Å²) in [5, 5.41) is 6.77. The van der Waals surface area contributed by atoms with E-state index in [4.69, 9.17) is 29.7 Å². The number of esters is 2. The number of ether oxygens (including phenoxy) is 2. The second kappa shape index (κ2) is 17.2. The molecule has 0 N–H and O–H groups in total. The van der Waals surface area contributed by atoms with Crippen molar-refractivity contribution in [2.75, 3.05) is 13.7 Å². The molecule has 5 heterocycles. The number of fused-ring (bicyclic) bond motifs is 7. The van der Waals surface area contributed by atoms with E-state index in [1.54, 1.807) is 0 Å². The van der Waals surface area contributed by atoms with Gasteiger partial charge in [0.2, 0.25) is 0 Å². The molecule has 0 saturated carbocycles. The van der Waals surface area contributed by atoms with Crippen molar-refractivity contribution in [1.29, 1.82) is 0 Å². The first-order valence-corrected chi connectivity index (χ1v) is 19.1. The third-order valence-electron chi connectivity index (χ3n) is 11.3. The molecule has 10 heteroatoms. The molecule has 0 aromatic carbocycles. The van der Waals surface area contributed by atoms with Gasteiger partial charge in [0.15, 0.2) is 5.78 Å². The van der Waals surface area contributed by atoms with Gasteiger partial charge in [-0.1, -0.05) is 106 Å². The summed E-state index contributed by atoms with van der Waals surface area (Å²) in [4.78, 5) is 56.0. The quantitative estimate of drug-likeness (QED) is 0.0832. The third kappa shape index (κ3) is 7.98. The van der Waals surface area contributed by atoms with Crippen LogP contribution in [0.1, 0.15) is 121 Å². The Labute approximate surface area is 341 Å². The molecule has 0 unspecified atom stereocenters. The number of ketones is 1. The molecule has 0 radical (unpaired) electrons. The van der Waals surface area contributed by atoms with E-state index >= 15 is 0 Å². The molecule has 3 aliphatic rings. The molecule has 1 fully saturated rings. The topological polar surface area (TPSA) is 126 Å². The van der Waals surface area contributed by atoms with Crippen LogP contribution in [0.25, 0.3) is 35.2 Å². The molecule has 0 amide bonds. The monoisotopic (exact) mass is 751 g/mol. The zero-order chi connectivity index (χ0) is 39.0. The van der Waals surface area contributed by atoms with Crippen molar-refractivity contribution in [3.63, 3.8) is 0 Å². The van der Waals surface area contributed by atoms with Gasteiger partial charge in [-0.25, -0.2) is 12.2 Å². The number of Topliss-reactive ketones (excluding diaryl/α,β-unsaturated/α-hetero) is 1. The van der Waals surface area contributed by atoms with Gasteiger partial charge < -0.3 is 29.7 Å². The van der Waals surface area contributed by atoms with E-state index in [9.17, 15) is 14.4 Å². The van der Waals surface area contributed by atoms with E-state index in [0.29, 0.717) is 46.1 Å². The maximum atomic E-state index is 14.2. The minimum Gasteiger partial charge on any atom is -0.664 e. The Morgan fingerprint density at radius 3 is 2.36 bits per heavy atom. The Bertz CT molecular complexity index is 2220. The van der Waals surface area contributed by atoms with E-state index in [2.05, 4.69) is 47.8 Å². The number of hydrogen-bond donors (Lipinski definition) is 0. The molecule has 3 aromatic heterocycles. The largest absolute Gasteiger partial charge is 2.00 e. The van der Waals surface area contributed by atoms with Gasteiger partial charge in [-0.05, 0) is 56.9 Å². The second-order valence-electron chi connectivity index (χ2n) is 15.2. The first kappa shape index (κ1) is 41.7. The van der Waals surface area contributed by atoms with Crippen LogP contribution in [0.15, 0.2) is 30.1 Å². The molecule has 1 saturated heterocycles. The van der Waals surface area contributed by atoms with Gasteiger partial charge in [0.1, 0.15) is 5.92 Å². The van der Waals surface area contributed by atoms with Crippen LogP contribution in [0.4, 0.5) is 0 Å². The fourth-order valence-corrected chi connectivity index (χ4v) is 8.09. The van der Waals surface area contributed by atoms with Crippen LogP contribution in [0, 0.1) is 50.9 Å². The number of hydrogen-bond acceptors (Lipinski definition) is 5. The zero-order valence-electron chi connectivity index (χ0n) is 33.6. The van der Waals surface area contributed by atoms with Crippen LogP contribution in [0.5, 0.6) is 0 Å². The number of allylic oxidation sites excluding steroid dienone is 2. The molecule has 3 aromatic rings. The average Bonchev–Trinajstić information content (AvgIpc) is 3.87. The number of carbonyl (C=O) groups is 3. The van der Waals surface area contributed by atoms with Crippen molar-refractivity contribution in [3.8, 4) is 0 Å². The van der Waals surface area contributed by atoms with Crippen LogP contribution >= 0.6 is 0 Å². The van der Waals surface area contributed by atoms with Gasteiger partial charge in [0.05, 0.1) is 7.11 Å². The predicted molar refractivity (Wildman–Crippen MR) is 218 cm³/mol. The van der Waals surface area contributed by atoms with Gasteiger partial charge in [-0.15, -0.1) is 33.5 Å².